The summed E-state index contributed by atoms with van der Waals surface area (Å²) in [5.74, 6) is -1.28. The predicted molar refractivity (Wildman–Crippen MR) is 102 cm³/mol. The Hall–Kier alpha value is -3.15. The number of hydrogen-bond acceptors (Lipinski definition) is 4. The summed E-state index contributed by atoms with van der Waals surface area (Å²) in [4.78, 5) is 36.6. The Morgan fingerprint density at radius 2 is 1.78 bits per heavy atom. The fourth-order valence-electron chi connectivity index (χ4n) is 2.72. The highest BCUT2D eigenvalue weighted by atomic mass is 16.5. The summed E-state index contributed by atoms with van der Waals surface area (Å²) >= 11 is 0. The first-order valence-corrected chi connectivity index (χ1v) is 8.88. The van der Waals surface area contributed by atoms with Crippen LogP contribution in [0.2, 0.25) is 0 Å². The van der Waals surface area contributed by atoms with Crippen LogP contribution in [0.3, 0.4) is 0 Å². The van der Waals surface area contributed by atoms with Gasteiger partial charge in [-0.2, -0.15) is 0 Å². The normalized spacial score (nSPS) is 13.0. The molecule has 0 spiro atoms. The number of ether oxygens (including phenoxy) is 1. The average Bonchev–Trinajstić information content (AvgIpc) is 3.44. The van der Waals surface area contributed by atoms with E-state index in [1.54, 1.807) is 30.3 Å². The lowest BCUT2D eigenvalue weighted by Gasteiger charge is -2.12. The first kappa shape index (κ1) is 18.6. The molecule has 0 atom stereocenters. The zero-order chi connectivity index (χ0) is 19.4. The zero-order valence-electron chi connectivity index (χ0n) is 15.4. The predicted octanol–water partition coefficient (Wildman–Crippen LogP) is 2.99. The molecule has 2 aromatic rings. The van der Waals surface area contributed by atoms with Gasteiger partial charge in [-0.3, -0.25) is 9.59 Å². The number of rotatable bonds is 6. The molecule has 0 radical (unpaired) electrons. The Kier molecular flexibility index (Phi) is 5.54. The molecule has 6 nitrogen and oxygen atoms in total. The number of carbonyl (C=O) groups is 3. The number of aryl methyl sites for hydroxylation is 2. The standard InChI is InChI=1S/C21H22N2O4/c1-13-7-10-16(14(2)11-13)21(26)27-12-19(24)23-18-6-4-3-5-17(18)20(25)22-15-8-9-15/h3-7,10-11,15H,8-9,12H2,1-2H3,(H,22,25)(H,23,24). The Balaban J connectivity index is 1.59. The van der Waals surface area contributed by atoms with E-state index in [-0.39, 0.29) is 11.9 Å². The lowest BCUT2D eigenvalue weighted by atomic mass is 10.1. The van der Waals surface area contributed by atoms with E-state index in [1.807, 2.05) is 26.0 Å². The van der Waals surface area contributed by atoms with E-state index in [2.05, 4.69) is 10.6 Å². The number of carbonyl (C=O) groups excluding carboxylic acids is 3. The number of amides is 2. The Morgan fingerprint density at radius 3 is 2.48 bits per heavy atom. The summed E-state index contributed by atoms with van der Waals surface area (Å²) in [6.07, 6.45) is 1.96. The number of nitrogens with one attached hydrogen (secondary N) is 2. The molecule has 0 saturated heterocycles. The first-order valence-electron chi connectivity index (χ1n) is 8.88. The lowest BCUT2D eigenvalue weighted by molar-refractivity contribution is -0.119. The maximum atomic E-state index is 12.3. The highest BCUT2D eigenvalue weighted by molar-refractivity contribution is 6.04. The lowest BCUT2D eigenvalue weighted by Crippen LogP contribution is -2.28. The maximum Gasteiger partial charge on any atom is 0.338 e. The van der Waals surface area contributed by atoms with Gasteiger partial charge in [-0.15, -0.1) is 0 Å². The number of hydrogen-bond donors (Lipinski definition) is 2. The van der Waals surface area contributed by atoms with Gasteiger partial charge >= 0.3 is 5.97 Å². The minimum absolute atomic E-state index is 0.222. The molecule has 2 aromatic carbocycles. The van der Waals surface area contributed by atoms with Gasteiger partial charge in [-0.05, 0) is 50.5 Å². The van der Waals surface area contributed by atoms with Crippen molar-refractivity contribution in [1.82, 2.24) is 5.32 Å². The third-order valence-electron chi connectivity index (χ3n) is 4.29. The SMILES string of the molecule is Cc1ccc(C(=O)OCC(=O)Nc2ccccc2C(=O)NC2CC2)c(C)c1. The van der Waals surface area contributed by atoms with Gasteiger partial charge in [0.25, 0.3) is 11.8 Å². The van der Waals surface area contributed by atoms with Crippen molar-refractivity contribution in [3.8, 4) is 0 Å². The molecule has 1 fully saturated rings. The monoisotopic (exact) mass is 366 g/mol. The molecule has 2 N–H and O–H groups in total. The summed E-state index contributed by atoms with van der Waals surface area (Å²) in [5, 5.41) is 5.53. The molecule has 0 unspecified atom stereocenters. The largest absolute Gasteiger partial charge is 0.452 e. The van der Waals surface area contributed by atoms with Gasteiger partial charge in [-0.1, -0.05) is 29.8 Å². The topological polar surface area (TPSA) is 84.5 Å². The van der Waals surface area contributed by atoms with Crippen LogP contribution < -0.4 is 10.6 Å². The van der Waals surface area contributed by atoms with Crippen molar-refractivity contribution >= 4 is 23.5 Å². The molecule has 2 amide bonds. The van der Waals surface area contributed by atoms with Gasteiger partial charge in [-0.25, -0.2) is 4.79 Å². The fourth-order valence-corrected chi connectivity index (χ4v) is 2.72. The van der Waals surface area contributed by atoms with E-state index < -0.39 is 18.5 Å². The van der Waals surface area contributed by atoms with Crippen molar-refractivity contribution < 1.29 is 19.1 Å². The molecule has 6 heteroatoms. The minimum atomic E-state index is -0.553. The van der Waals surface area contributed by atoms with Crippen molar-refractivity contribution in [3.63, 3.8) is 0 Å². The van der Waals surface area contributed by atoms with Crippen molar-refractivity contribution in [2.75, 3.05) is 11.9 Å². The first-order chi connectivity index (χ1) is 12.9. The van der Waals surface area contributed by atoms with Crippen LogP contribution in [0, 0.1) is 13.8 Å². The Labute approximate surface area is 157 Å². The zero-order valence-corrected chi connectivity index (χ0v) is 15.4. The molecule has 0 aromatic heterocycles. The van der Waals surface area contributed by atoms with Gasteiger partial charge in [0, 0.05) is 6.04 Å². The van der Waals surface area contributed by atoms with Crippen LogP contribution >= 0.6 is 0 Å². The number of para-hydroxylation sites is 1. The van der Waals surface area contributed by atoms with Gasteiger partial charge in [0.1, 0.15) is 0 Å². The van der Waals surface area contributed by atoms with E-state index >= 15 is 0 Å². The average molecular weight is 366 g/mol. The second-order valence-electron chi connectivity index (χ2n) is 6.74. The Bertz CT molecular complexity index is 888. The molecule has 0 heterocycles. The van der Waals surface area contributed by atoms with E-state index in [0.717, 1.165) is 24.0 Å². The van der Waals surface area contributed by atoms with Crippen molar-refractivity contribution in [1.29, 1.82) is 0 Å². The van der Waals surface area contributed by atoms with Gasteiger partial charge in [0.2, 0.25) is 0 Å². The van der Waals surface area contributed by atoms with E-state index in [9.17, 15) is 14.4 Å². The molecule has 27 heavy (non-hydrogen) atoms. The molecule has 3 rings (SSSR count). The van der Waals surface area contributed by atoms with Crippen molar-refractivity contribution in [2.24, 2.45) is 0 Å². The van der Waals surface area contributed by atoms with Crippen LogP contribution in [0.4, 0.5) is 5.69 Å². The fraction of sp³-hybridized carbons (Fsp3) is 0.286. The second kappa shape index (κ2) is 8.03. The quantitative estimate of drug-likeness (QED) is 0.770. The van der Waals surface area contributed by atoms with Gasteiger partial charge < -0.3 is 15.4 Å². The molecule has 1 aliphatic rings. The third kappa shape index (κ3) is 4.94. The molecule has 1 saturated carbocycles. The summed E-state index contributed by atoms with van der Waals surface area (Å²) in [7, 11) is 0. The van der Waals surface area contributed by atoms with E-state index in [4.69, 9.17) is 4.74 Å². The van der Waals surface area contributed by atoms with Crippen molar-refractivity contribution in [3.05, 3.63) is 64.7 Å². The molecule has 1 aliphatic carbocycles. The Morgan fingerprint density at radius 1 is 1.04 bits per heavy atom. The van der Waals surface area contributed by atoms with Gasteiger partial charge in [0.15, 0.2) is 6.61 Å². The summed E-state index contributed by atoms with van der Waals surface area (Å²) in [5.41, 5.74) is 3.05. The number of esters is 1. The molecular weight excluding hydrogens is 344 g/mol. The van der Waals surface area contributed by atoms with Crippen molar-refractivity contribution in [2.45, 2.75) is 32.7 Å². The molecule has 0 aliphatic heterocycles. The molecule has 0 bridgehead atoms. The van der Waals surface area contributed by atoms with Crippen LogP contribution in [-0.2, 0) is 9.53 Å². The maximum absolute atomic E-state index is 12.3. The minimum Gasteiger partial charge on any atom is -0.452 e. The summed E-state index contributed by atoms with van der Waals surface area (Å²) in [6, 6.07) is 12.4. The van der Waals surface area contributed by atoms with Gasteiger partial charge in [0.05, 0.1) is 16.8 Å². The van der Waals surface area contributed by atoms with Crippen LogP contribution in [0.25, 0.3) is 0 Å². The number of anilines is 1. The molecule has 140 valence electrons. The van der Waals surface area contributed by atoms with Crippen LogP contribution in [0.15, 0.2) is 42.5 Å². The van der Waals surface area contributed by atoms with Crippen LogP contribution in [0.5, 0.6) is 0 Å². The third-order valence-corrected chi connectivity index (χ3v) is 4.29. The highest BCUT2D eigenvalue weighted by Gasteiger charge is 2.25. The second-order valence-corrected chi connectivity index (χ2v) is 6.74. The highest BCUT2D eigenvalue weighted by Crippen LogP contribution is 2.21. The summed E-state index contributed by atoms with van der Waals surface area (Å²) in [6.45, 7) is 3.33. The summed E-state index contributed by atoms with van der Waals surface area (Å²) < 4.78 is 5.11. The molecular formula is C21H22N2O4. The van der Waals surface area contributed by atoms with E-state index in [1.165, 1.54) is 0 Å². The van der Waals surface area contributed by atoms with Crippen LogP contribution in [0.1, 0.15) is 44.7 Å². The van der Waals surface area contributed by atoms with E-state index in [0.29, 0.717) is 16.8 Å². The number of benzene rings is 2. The van der Waals surface area contributed by atoms with Crippen LogP contribution in [-0.4, -0.2) is 30.4 Å². The smallest absolute Gasteiger partial charge is 0.338 e.